The average molecular weight is 354 g/mol. The van der Waals surface area contributed by atoms with Crippen molar-refractivity contribution in [2.24, 2.45) is 0 Å². The van der Waals surface area contributed by atoms with Crippen molar-refractivity contribution in [3.8, 4) is 23.1 Å². The van der Waals surface area contributed by atoms with Gasteiger partial charge in [-0.3, -0.25) is 0 Å². The first-order valence-electron chi connectivity index (χ1n) is 8.43. The van der Waals surface area contributed by atoms with Crippen LogP contribution in [-0.4, -0.2) is 4.98 Å². The molecule has 0 spiro atoms. The number of fused-ring (bicyclic) bond motifs is 1. The summed E-state index contributed by atoms with van der Waals surface area (Å²) in [5.41, 5.74) is 4.92. The zero-order chi connectivity index (χ0) is 17.9. The zero-order valence-electron chi connectivity index (χ0n) is 14.3. The van der Waals surface area contributed by atoms with Gasteiger partial charge in [-0.05, 0) is 48.6 Å². The lowest BCUT2D eigenvalue weighted by Gasteiger charge is -2.06. The van der Waals surface area contributed by atoms with Crippen LogP contribution >= 0.6 is 11.6 Å². The van der Waals surface area contributed by atoms with Crippen molar-refractivity contribution in [3.05, 3.63) is 101 Å². The van der Waals surface area contributed by atoms with Crippen LogP contribution in [0.2, 0.25) is 5.02 Å². The molecular formula is C24H16ClN. The highest BCUT2D eigenvalue weighted by molar-refractivity contribution is 6.30. The smallest absolute Gasteiger partial charge is 0.122 e. The highest BCUT2D eigenvalue weighted by atomic mass is 35.5. The molecule has 0 saturated heterocycles. The molecule has 0 amide bonds. The molecule has 4 aromatic rings. The van der Waals surface area contributed by atoms with Gasteiger partial charge >= 0.3 is 0 Å². The van der Waals surface area contributed by atoms with E-state index >= 15 is 0 Å². The normalized spacial score (nSPS) is 10.4. The quantitative estimate of drug-likeness (QED) is 0.368. The van der Waals surface area contributed by atoms with Crippen molar-refractivity contribution in [1.82, 2.24) is 4.98 Å². The first-order chi connectivity index (χ1) is 12.7. The van der Waals surface area contributed by atoms with Crippen molar-refractivity contribution in [2.45, 2.75) is 6.92 Å². The van der Waals surface area contributed by atoms with E-state index < -0.39 is 0 Å². The topological polar surface area (TPSA) is 12.9 Å². The summed E-state index contributed by atoms with van der Waals surface area (Å²) < 4.78 is 0. The number of benzene rings is 3. The lowest BCUT2D eigenvalue weighted by Crippen LogP contribution is -1.91. The molecule has 0 saturated carbocycles. The Kier molecular flexibility index (Phi) is 4.44. The van der Waals surface area contributed by atoms with Crippen molar-refractivity contribution < 1.29 is 0 Å². The van der Waals surface area contributed by atoms with E-state index in [0.717, 1.165) is 33.3 Å². The molecule has 0 unspecified atom stereocenters. The van der Waals surface area contributed by atoms with Gasteiger partial charge < -0.3 is 0 Å². The Labute approximate surface area is 158 Å². The molecule has 0 atom stereocenters. The molecule has 0 radical (unpaired) electrons. The molecule has 0 fully saturated rings. The van der Waals surface area contributed by atoms with Gasteiger partial charge in [-0.2, -0.15) is 0 Å². The minimum atomic E-state index is 0.717. The molecule has 0 aliphatic carbocycles. The molecule has 26 heavy (non-hydrogen) atoms. The third kappa shape index (κ3) is 3.47. The van der Waals surface area contributed by atoms with Gasteiger partial charge in [-0.25, -0.2) is 4.98 Å². The Bertz CT molecular complexity index is 1130. The molecule has 0 N–H and O–H groups in total. The van der Waals surface area contributed by atoms with E-state index in [4.69, 9.17) is 16.6 Å². The van der Waals surface area contributed by atoms with E-state index in [2.05, 4.69) is 49.1 Å². The summed E-state index contributed by atoms with van der Waals surface area (Å²) in [5.74, 6) is 6.49. The Morgan fingerprint density at radius 1 is 0.808 bits per heavy atom. The monoisotopic (exact) mass is 353 g/mol. The van der Waals surface area contributed by atoms with E-state index in [1.165, 1.54) is 5.56 Å². The standard InChI is InChI=1S/C24H16ClN/c1-17-6-8-18(9-7-17)10-15-23-22-5-3-2-4-20(22)16-24(26-23)19-11-13-21(25)14-12-19/h2-9,11-14,16H,1H3. The lowest BCUT2D eigenvalue weighted by atomic mass is 10.0. The lowest BCUT2D eigenvalue weighted by molar-refractivity contribution is 1.32. The predicted molar refractivity (Wildman–Crippen MR) is 109 cm³/mol. The minimum Gasteiger partial charge on any atom is -0.239 e. The number of aromatic nitrogens is 1. The first kappa shape index (κ1) is 16.4. The Balaban J connectivity index is 1.85. The molecule has 0 bridgehead atoms. The predicted octanol–water partition coefficient (Wildman–Crippen LogP) is 6.26. The maximum absolute atomic E-state index is 6.01. The SMILES string of the molecule is Cc1ccc(C#Cc2nc(-c3ccc(Cl)cc3)cc3ccccc23)cc1. The molecule has 1 nitrogen and oxygen atoms in total. The maximum Gasteiger partial charge on any atom is 0.122 e. The van der Waals surface area contributed by atoms with Gasteiger partial charge in [0.25, 0.3) is 0 Å². The summed E-state index contributed by atoms with van der Waals surface area (Å²) in [6.45, 7) is 2.07. The van der Waals surface area contributed by atoms with Crippen LogP contribution in [0.4, 0.5) is 0 Å². The largest absolute Gasteiger partial charge is 0.239 e. The molecule has 1 aromatic heterocycles. The molecule has 0 aliphatic rings. The van der Waals surface area contributed by atoms with Crippen LogP contribution in [0.5, 0.6) is 0 Å². The van der Waals surface area contributed by atoms with Crippen LogP contribution in [0.25, 0.3) is 22.0 Å². The number of halogens is 1. The molecule has 124 valence electrons. The Morgan fingerprint density at radius 2 is 1.54 bits per heavy atom. The zero-order valence-corrected chi connectivity index (χ0v) is 15.1. The fourth-order valence-electron chi connectivity index (χ4n) is 2.83. The van der Waals surface area contributed by atoms with Gasteiger partial charge in [-0.15, -0.1) is 0 Å². The summed E-state index contributed by atoms with van der Waals surface area (Å²) in [6.07, 6.45) is 0. The van der Waals surface area contributed by atoms with E-state index in [1.807, 2.05) is 48.5 Å². The number of pyridine rings is 1. The van der Waals surface area contributed by atoms with Gasteiger partial charge in [0, 0.05) is 21.5 Å². The molecule has 4 rings (SSSR count). The van der Waals surface area contributed by atoms with E-state index in [-0.39, 0.29) is 0 Å². The number of nitrogens with zero attached hydrogens (tertiary/aromatic N) is 1. The Hall–Kier alpha value is -3.08. The van der Waals surface area contributed by atoms with E-state index in [9.17, 15) is 0 Å². The fraction of sp³-hybridized carbons (Fsp3) is 0.0417. The van der Waals surface area contributed by atoms with E-state index in [1.54, 1.807) is 0 Å². The number of rotatable bonds is 1. The second-order valence-corrected chi connectivity index (χ2v) is 6.64. The summed E-state index contributed by atoms with van der Waals surface area (Å²) in [5, 5.41) is 2.90. The minimum absolute atomic E-state index is 0.717. The van der Waals surface area contributed by atoms with Crippen LogP contribution in [0.15, 0.2) is 78.9 Å². The fourth-order valence-corrected chi connectivity index (χ4v) is 2.96. The second-order valence-electron chi connectivity index (χ2n) is 6.20. The van der Waals surface area contributed by atoms with Crippen molar-refractivity contribution in [3.63, 3.8) is 0 Å². The Morgan fingerprint density at radius 3 is 2.31 bits per heavy atom. The highest BCUT2D eigenvalue weighted by Crippen LogP contribution is 2.25. The van der Waals surface area contributed by atoms with E-state index in [0.29, 0.717) is 5.02 Å². The highest BCUT2D eigenvalue weighted by Gasteiger charge is 2.06. The molecule has 0 aliphatic heterocycles. The van der Waals surface area contributed by atoms with Gasteiger partial charge in [-0.1, -0.05) is 71.6 Å². The maximum atomic E-state index is 6.01. The number of hydrogen-bond donors (Lipinski definition) is 0. The van der Waals surface area contributed by atoms with Crippen LogP contribution < -0.4 is 0 Å². The third-order valence-corrected chi connectivity index (χ3v) is 4.51. The number of hydrogen-bond acceptors (Lipinski definition) is 1. The van der Waals surface area contributed by atoms with Crippen LogP contribution in [0.1, 0.15) is 16.8 Å². The van der Waals surface area contributed by atoms with Crippen LogP contribution in [-0.2, 0) is 0 Å². The van der Waals surface area contributed by atoms with Crippen molar-refractivity contribution in [1.29, 1.82) is 0 Å². The van der Waals surface area contributed by atoms with Crippen molar-refractivity contribution >= 4 is 22.4 Å². The van der Waals surface area contributed by atoms with Gasteiger partial charge in [0.1, 0.15) is 5.69 Å². The van der Waals surface area contributed by atoms with Crippen LogP contribution in [0.3, 0.4) is 0 Å². The summed E-state index contributed by atoms with van der Waals surface area (Å²) in [7, 11) is 0. The van der Waals surface area contributed by atoms with Gasteiger partial charge in [0.15, 0.2) is 0 Å². The summed E-state index contributed by atoms with van der Waals surface area (Å²) >= 11 is 6.01. The summed E-state index contributed by atoms with van der Waals surface area (Å²) in [4.78, 5) is 4.82. The second kappa shape index (κ2) is 7.04. The van der Waals surface area contributed by atoms with Crippen molar-refractivity contribution in [2.75, 3.05) is 0 Å². The van der Waals surface area contributed by atoms with Gasteiger partial charge in [0.05, 0.1) is 5.69 Å². The first-order valence-corrected chi connectivity index (χ1v) is 8.81. The summed E-state index contributed by atoms with van der Waals surface area (Å²) in [6, 6.07) is 26.2. The molecule has 2 heteroatoms. The average Bonchev–Trinajstić information content (AvgIpc) is 2.68. The molecule has 1 heterocycles. The molecule has 3 aromatic carbocycles. The number of aryl methyl sites for hydroxylation is 1. The van der Waals surface area contributed by atoms with Gasteiger partial charge in [0.2, 0.25) is 0 Å². The molecular weight excluding hydrogens is 338 g/mol. The third-order valence-electron chi connectivity index (χ3n) is 4.26. The van der Waals surface area contributed by atoms with Crippen LogP contribution in [0, 0.1) is 18.8 Å².